The minimum Gasteiger partial charge on any atom is -0.343 e. The number of piperidine rings is 1. The molecule has 0 radical (unpaired) electrons. The number of imidazole rings is 1. The van der Waals surface area contributed by atoms with Crippen LogP contribution in [0.15, 0.2) is 53.3 Å². The van der Waals surface area contributed by atoms with E-state index in [0.29, 0.717) is 25.9 Å². The number of carbonyl (C=O) groups is 1. The smallest absolute Gasteiger partial charge is 0.326 e. The van der Waals surface area contributed by atoms with Crippen molar-refractivity contribution in [1.82, 2.24) is 14.5 Å². The zero-order valence-electron chi connectivity index (χ0n) is 15.0. The molecular weight excluding hydrogens is 345 g/mol. The van der Waals surface area contributed by atoms with Gasteiger partial charge in [0, 0.05) is 25.6 Å². The van der Waals surface area contributed by atoms with Gasteiger partial charge in [0.05, 0.1) is 11.0 Å². The van der Waals surface area contributed by atoms with E-state index >= 15 is 0 Å². The average Bonchev–Trinajstić information content (AvgIpc) is 3.03. The molecule has 0 spiro atoms. The van der Waals surface area contributed by atoms with Gasteiger partial charge in [0.15, 0.2) is 0 Å². The van der Waals surface area contributed by atoms with E-state index in [0.717, 1.165) is 29.4 Å². The van der Waals surface area contributed by atoms with Crippen molar-refractivity contribution >= 4 is 16.9 Å². The first-order valence-corrected chi connectivity index (χ1v) is 9.33. The van der Waals surface area contributed by atoms with E-state index in [1.165, 1.54) is 12.1 Å². The lowest BCUT2D eigenvalue weighted by Crippen LogP contribution is -2.40. The second-order valence-electron chi connectivity index (χ2n) is 7.06. The zero-order valence-corrected chi connectivity index (χ0v) is 15.0. The van der Waals surface area contributed by atoms with Crippen molar-refractivity contribution in [3.05, 3.63) is 70.4 Å². The number of likely N-dealkylation sites (tertiary alicyclic amines) is 1. The van der Waals surface area contributed by atoms with Crippen LogP contribution in [-0.4, -0.2) is 33.4 Å². The number of nitrogens with zero attached hydrogens (tertiary/aromatic N) is 2. The van der Waals surface area contributed by atoms with Gasteiger partial charge in [-0.2, -0.15) is 0 Å². The molecule has 1 fully saturated rings. The van der Waals surface area contributed by atoms with Gasteiger partial charge in [-0.05, 0) is 49.1 Å². The Bertz CT molecular complexity index is 998. The Morgan fingerprint density at radius 1 is 1.07 bits per heavy atom. The van der Waals surface area contributed by atoms with Gasteiger partial charge in [-0.25, -0.2) is 9.18 Å². The number of benzene rings is 2. The van der Waals surface area contributed by atoms with E-state index in [1.807, 2.05) is 33.7 Å². The van der Waals surface area contributed by atoms with E-state index in [9.17, 15) is 14.0 Å². The molecule has 1 aromatic heterocycles. The first kappa shape index (κ1) is 17.5. The third-order valence-corrected chi connectivity index (χ3v) is 5.35. The number of hydrogen-bond donors (Lipinski definition) is 1. The summed E-state index contributed by atoms with van der Waals surface area (Å²) in [5.74, 6) is -0.149. The summed E-state index contributed by atoms with van der Waals surface area (Å²) in [6.07, 6.45) is 2.57. The topological polar surface area (TPSA) is 58.1 Å². The normalized spacial score (nSPS) is 15.4. The minimum atomic E-state index is -0.264. The molecule has 2 aromatic carbocycles. The Kier molecular flexibility index (Phi) is 4.79. The SMILES string of the molecule is O=C(CCc1ccc(F)cc1)N1CCC(n2c(=O)[nH]c3ccccc32)CC1. The molecule has 0 bridgehead atoms. The lowest BCUT2D eigenvalue weighted by atomic mass is 10.0. The summed E-state index contributed by atoms with van der Waals surface area (Å²) in [4.78, 5) is 29.6. The largest absolute Gasteiger partial charge is 0.343 e. The first-order valence-electron chi connectivity index (χ1n) is 9.33. The van der Waals surface area contributed by atoms with Crippen LogP contribution in [0, 0.1) is 5.82 Å². The molecule has 3 aromatic rings. The van der Waals surface area contributed by atoms with Crippen LogP contribution in [0.1, 0.15) is 30.9 Å². The minimum absolute atomic E-state index is 0.0858. The number of hydrogen-bond acceptors (Lipinski definition) is 2. The van der Waals surface area contributed by atoms with Gasteiger partial charge >= 0.3 is 5.69 Å². The van der Waals surface area contributed by atoms with Gasteiger partial charge in [0.1, 0.15) is 5.82 Å². The Morgan fingerprint density at radius 3 is 2.52 bits per heavy atom. The van der Waals surface area contributed by atoms with Gasteiger partial charge in [-0.3, -0.25) is 9.36 Å². The lowest BCUT2D eigenvalue weighted by molar-refractivity contribution is -0.132. The van der Waals surface area contributed by atoms with Crippen LogP contribution in [0.2, 0.25) is 0 Å². The number of rotatable bonds is 4. The van der Waals surface area contributed by atoms with Crippen LogP contribution in [0.5, 0.6) is 0 Å². The summed E-state index contributed by atoms with van der Waals surface area (Å²) >= 11 is 0. The van der Waals surface area contributed by atoms with Crippen LogP contribution in [0.25, 0.3) is 11.0 Å². The molecule has 1 N–H and O–H groups in total. The maximum Gasteiger partial charge on any atom is 0.326 e. The summed E-state index contributed by atoms with van der Waals surface area (Å²) in [5.41, 5.74) is 2.64. The molecule has 1 aliphatic heterocycles. The van der Waals surface area contributed by atoms with Gasteiger partial charge in [-0.1, -0.05) is 24.3 Å². The van der Waals surface area contributed by atoms with Crippen molar-refractivity contribution in [3.8, 4) is 0 Å². The second kappa shape index (κ2) is 7.39. The van der Waals surface area contributed by atoms with E-state index in [2.05, 4.69) is 4.98 Å². The predicted octanol–water partition coefficient (Wildman–Crippen LogP) is 3.27. The number of carbonyl (C=O) groups excluding carboxylic acids is 1. The molecule has 1 amide bonds. The molecular formula is C21H22FN3O2. The quantitative estimate of drug-likeness (QED) is 0.769. The van der Waals surface area contributed by atoms with E-state index in [-0.39, 0.29) is 23.5 Å². The van der Waals surface area contributed by atoms with Gasteiger partial charge in [0.25, 0.3) is 0 Å². The lowest BCUT2D eigenvalue weighted by Gasteiger charge is -2.32. The maximum absolute atomic E-state index is 13.0. The Balaban J connectivity index is 1.37. The summed E-state index contributed by atoms with van der Waals surface area (Å²) in [5, 5.41) is 0. The molecule has 0 atom stereocenters. The molecule has 4 rings (SSSR count). The first-order chi connectivity index (χ1) is 13.1. The number of aryl methyl sites for hydroxylation is 1. The number of aromatic nitrogens is 2. The number of halogens is 1. The summed E-state index contributed by atoms with van der Waals surface area (Å²) in [6, 6.07) is 14.1. The number of fused-ring (bicyclic) bond motifs is 1. The van der Waals surface area contributed by atoms with Crippen LogP contribution < -0.4 is 5.69 Å². The molecule has 2 heterocycles. The fourth-order valence-corrected chi connectivity index (χ4v) is 3.87. The summed E-state index contributed by atoms with van der Waals surface area (Å²) in [6.45, 7) is 1.30. The van der Waals surface area contributed by atoms with Crippen LogP contribution >= 0.6 is 0 Å². The van der Waals surface area contributed by atoms with Gasteiger partial charge in [-0.15, -0.1) is 0 Å². The number of para-hydroxylation sites is 2. The van der Waals surface area contributed by atoms with E-state index < -0.39 is 0 Å². The average molecular weight is 367 g/mol. The summed E-state index contributed by atoms with van der Waals surface area (Å²) < 4.78 is 14.8. The van der Waals surface area contributed by atoms with Crippen molar-refractivity contribution < 1.29 is 9.18 Å². The van der Waals surface area contributed by atoms with E-state index in [1.54, 1.807) is 12.1 Å². The standard InChI is InChI=1S/C21H22FN3O2/c22-16-8-5-15(6-9-16)7-10-20(26)24-13-11-17(12-14-24)25-19-4-2-1-3-18(19)23-21(25)27/h1-6,8-9,17H,7,10-14H2,(H,23,27). The zero-order chi connectivity index (χ0) is 18.8. The highest BCUT2D eigenvalue weighted by molar-refractivity contribution is 5.77. The van der Waals surface area contributed by atoms with Crippen LogP contribution in [-0.2, 0) is 11.2 Å². The molecule has 1 aliphatic rings. The fourth-order valence-electron chi connectivity index (χ4n) is 3.87. The third-order valence-electron chi connectivity index (χ3n) is 5.35. The number of amides is 1. The monoisotopic (exact) mass is 367 g/mol. The summed E-state index contributed by atoms with van der Waals surface area (Å²) in [7, 11) is 0. The van der Waals surface area contributed by atoms with Gasteiger partial charge < -0.3 is 9.88 Å². The molecule has 0 aliphatic carbocycles. The highest BCUT2D eigenvalue weighted by Gasteiger charge is 2.25. The van der Waals surface area contributed by atoms with Crippen LogP contribution in [0.3, 0.4) is 0 Å². The molecule has 27 heavy (non-hydrogen) atoms. The van der Waals surface area contributed by atoms with Crippen molar-refractivity contribution in [2.75, 3.05) is 13.1 Å². The Labute approximate surface area is 156 Å². The third kappa shape index (κ3) is 3.65. The number of nitrogens with one attached hydrogen (secondary N) is 1. The predicted molar refractivity (Wildman–Crippen MR) is 102 cm³/mol. The highest BCUT2D eigenvalue weighted by atomic mass is 19.1. The molecule has 1 saturated heterocycles. The Morgan fingerprint density at radius 2 is 1.78 bits per heavy atom. The van der Waals surface area contributed by atoms with Crippen molar-refractivity contribution in [2.24, 2.45) is 0 Å². The Hall–Kier alpha value is -2.89. The highest BCUT2D eigenvalue weighted by Crippen LogP contribution is 2.25. The molecule has 0 unspecified atom stereocenters. The van der Waals surface area contributed by atoms with Crippen molar-refractivity contribution in [1.29, 1.82) is 0 Å². The molecule has 0 saturated carbocycles. The molecule has 140 valence electrons. The second-order valence-corrected chi connectivity index (χ2v) is 7.06. The number of aromatic amines is 1. The molecule has 5 nitrogen and oxygen atoms in total. The number of H-pyrrole nitrogens is 1. The van der Waals surface area contributed by atoms with Gasteiger partial charge in [0.2, 0.25) is 5.91 Å². The fraction of sp³-hybridized carbons (Fsp3) is 0.333. The molecule has 6 heteroatoms. The maximum atomic E-state index is 13.0. The van der Waals surface area contributed by atoms with Crippen LogP contribution in [0.4, 0.5) is 4.39 Å². The van der Waals surface area contributed by atoms with Crippen molar-refractivity contribution in [2.45, 2.75) is 31.7 Å². The van der Waals surface area contributed by atoms with Crippen molar-refractivity contribution in [3.63, 3.8) is 0 Å². The van der Waals surface area contributed by atoms with E-state index in [4.69, 9.17) is 0 Å².